The number of H-pyrrole nitrogens is 1. The predicted molar refractivity (Wildman–Crippen MR) is 143 cm³/mol. The molecule has 0 saturated carbocycles. The summed E-state index contributed by atoms with van der Waals surface area (Å²) in [4.78, 5) is 21.7. The second-order valence-corrected chi connectivity index (χ2v) is 9.88. The number of nitrogens with zero attached hydrogens (tertiary/aromatic N) is 5. The van der Waals surface area contributed by atoms with Crippen molar-refractivity contribution in [3.8, 4) is 5.75 Å². The second-order valence-electron chi connectivity index (χ2n) is 8.36. The van der Waals surface area contributed by atoms with Crippen molar-refractivity contribution in [2.75, 3.05) is 55.7 Å². The quantitative estimate of drug-likeness (QED) is 0.325. The van der Waals surface area contributed by atoms with Crippen LogP contribution in [0.2, 0.25) is 5.02 Å². The molecule has 10 heteroatoms. The van der Waals surface area contributed by atoms with Crippen molar-refractivity contribution in [2.24, 2.45) is 0 Å². The third kappa shape index (κ3) is 6.17. The van der Waals surface area contributed by atoms with Gasteiger partial charge in [-0.25, -0.2) is 4.98 Å². The van der Waals surface area contributed by atoms with Crippen LogP contribution in [0.3, 0.4) is 0 Å². The molecule has 3 N–H and O–H groups in total. The molecule has 0 aliphatic carbocycles. The van der Waals surface area contributed by atoms with E-state index in [0.717, 1.165) is 67.1 Å². The molecule has 0 radical (unpaired) electrons. The lowest BCUT2D eigenvalue weighted by molar-refractivity contribution is 0.200. The smallest absolute Gasteiger partial charge is 0.224 e. The molecule has 0 atom stereocenters. The van der Waals surface area contributed by atoms with E-state index in [1.165, 1.54) is 5.56 Å². The number of imidazole rings is 1. The van der Waals surface area contributed by atoms with Gasteiger partial charge in [0.2, 0.25) is 5.95 Å². The summed E-state index contributed by atoms with van der Waals surface area (Å²) < 4.78 is 5.85. The molecule has 3 heterocycles. The molecule has 4 aromatic rings. The average molecular weight is 510 g/mol. The van der Waals surface area contributed by atoms with Crippen LogP contribution in [0, 0.1) is 0 Å². The highest BCUT2D eigenvalue weighted by molar-refractivity contribution is 7.99. The van der Waals surface area contributed by atoms with Crippen LogP contribution >= 0.6 is 23.4 Å². The molecule has 0 bridgehead atoms. The number of thioether (sulfide) groups is 1. The Morgan fingerprint density at radius 1 is 0.971 bits per heavy atom. The van der Waals surface area contributed by atoms with Crippen LogP contribution in [0.4, 0.5) is 11.8 Å². The molecule has 1 aliphatic rings. The van der Waals surface area contributed by atoms with Gasteiger partial charge in [0.15, 0.2) is 16.6 Å². The summed E-state index contributed by atoms with van der Waals surface area (Å²) in [5.74, 6) is 2.84. The van der Waals surface area contributed by atoms with E-state index < -0.39 is 0 Å². The Bertz CT molecular complexity index is 1240. The summed E-state index contributed by atoms with van der Waals surface area (Å²) in [6.45, 7) is 5.04. The number of nitrogens with one attached hydrogen (secondary N) is 1. The minimum atomic E-state index is 0.249. The van der Waals surface area contributed by atoms with Crippen molar-refractivity contribution in [3.63, 3.8) is 0 Å². The molecule has 8 nitrogen and oxygen atoms in total. The number of fused-ring (bicyclic) bond motifs is 1. The SMILES string of the molecule is Nc1nc(N2CCN(CCOc3ccc(Cl)cc3)CC2)c2[nH]c(SCCc3ccccc3)nc2n1. The van der Waals surface area contributed by atoms with Gasteiger partial charge >= 0.3 is 0 Å². The number of halogens is 1. The number of aryl methyl sites for hydroxylation is 1. The fourth-order valence-electron chi connectivity index (χ4n) is 4.09. The zero-order valence-corrected chi connectivity index (χ0v) is 20.9. The van der Waals surface area contributed by atoms with Crippen LogP contribution in [-0.2, 0) is 6.42 Å². The fraction of sp³-hybridized carbons (Fsp3) is 0.320. The van der Waals surface area contributed by atoms with E-state index in [9.17, 15) is 0 Å². The van der Waals surface area contributed by atoms with Crippen LogP contribution in [0.5, 0.6) is 5.75 Å². The molecule has 2 aromatic heterocycles. The summed E-state index contributed by atoms with van der Waals surface area (Å²) >= 11 is 7.62. The summed E-state index contributed by atoms with van der Waals surface area (Å²) in [7, 11) is 0. The summed E-state index contributed by atoms with van der Waals surface area (Å²) in [5, 5.41) is 1.55. The van der Waals surface area contributed by atoms with Gasteiger partial charge in [-0.3, -0.25) is 4.90 Å². The first-order valence-electron chi connectivity index (χ1n) is 11.7. The topological polar surface area (TPSA) is 96.2 Å². The predicted octanol–water partition coefficient (Wildman–Crippen LogP) is 4.12. The van der Waals surface area contributed by atoms with Crippen molar-refractivity contribution in [3.05, 3.63) is 65.2 Å². The molecule has 35 heavy (non-hydrogen) atoms. The summed E-state index contributed by atoms with van der Waals surface area (Å²) in [6, 6.07) is 17.9. The highest BCUT2D eigenvalue weighted by Gasteiger charge is 2.22. The number of nitrogens with two attached hydrogens (primary N) is 1. The van der Waals surface area contributed by atoms with E-state index >= 15 is 0 Å². The Morgan fingerprint density at radius 3 is 2.51 bits per heavy atom. The number of aromatic nitrogens is 4. The second kappa shape index (κ2) is 11.2. The number of benzene rings is 2. The van der Waals surface area contributed by atoms with Gasteiger partial charge < -0.3 is 20.4 Å². The van der Waals surface area contributed by atoms with Crippen molar-refractivity contribution < 1.29 is 4.74 Å². The fourth-order valence-corrected chi connectivity index (χ4v) is 5.07. The van der Waals surface area contributed by atoms with Crippen LogP contribution in [0.25, 0.3) is 11.2 Å². The zero-order chi connectivity index (χ0) is 24.0. The number of hydrogen-bond donors (Lipinski definition) is 2. The summed E-state index contributed by atoms with van der Waals surface area (Å²) in [5.41, 5.74) is 8.81. The molecule has 0 amide bonds. The lowest BCUT2D eigenvalue weighted by Crippen LogP contribution is -2.48. The van der Waals surface area contributed by atoms with E-state index in [1.54, 1.807) is 11.8 Å². The van der Waals surface area contributed by atoms with Crippen LogP contribution in [0.15, 0.2) is 59.8 Å². The highest BCUT2D eigenvalue weighted by atomic mass is 35.5. The molecule has 0 spiro atoms. The largest absolute Gasteiger partial charge is 0.492 e. The van der Waals surface area contributed by atoms with Crippen molar-refractivity contribution in [1.29, 1.82) is 0 Å². The molecule has 182 valence electrons. The van der Waals surface area contributed by atoms with Gasteiger partial charge in [0.05, 0.1) is 0 Å². The molecule has 1 saturated heterocycles. The number of hydrogen-bond acceptors (Lipinski definition) is 8. The van der Waals surface area contributed by atoms with Gasteiger partial charge in [-0.2, -0.15) is 9.97 Å². The first-order valence-corrected chi connectivity index (χ1v) is 13.1. The van der Waals surface area contributed by atoms with Gasteiger partial charge in [-0.1, -0.05) is 53.7 Å². The Hall–Kier alpha value is -3.01. The van der Waals surface area contributed by atoms with Gasteiger partial charge in [0, 0.05) is 43.5 Å². The molecule has 2 aromatic carbocycles. The highest BCUT2D eigenvalue weighted by Crippen LogP contribution is 2.27. The first kappa shape index (κ1) is 23.7. The summed E-state index contributed by atoms with van der Waals surface area (Å²) in [6.07, 6.45) is 0.979. The van der Waals surface area contributed by atoms with Crippen LogP contribution in [0.1, 0.15) is 5.56 Å². The van der Waals surface area contributed by atoms with Crippen LogP contribution < -0.4 is 15.4 Å². The Morgan fingerprint density at radius 2 is 1.74 bits per heavy atom. The maximum absolute atomic E-state index is 6.03. The standard InChI is InChI=1S/C25H28ClN7OS/c26-19-6-8-20(9-7-19)34-16-15-32-11-13-33(14-12-32)23-21-22(29-24(27)31-23)30-25(28-21)35-17-10-18-4-2-1-3-5-18/h1-9H,10-17H2,(H3,27,28,29,30,31). The van der Waals surface area contributed by atoms with Crippen molar-refractivity contribution >= 4 is 46.3 Å². The molecule has 1 fully saturated rings. The number of aromatic amines is 1. The molecular formula is C25H28ClN7OS. The number of nitrogen functional groups attached to an aromatic ring is 1. The first-order chi connectivity index (χ1) is 17.1. The normalized spacial score (nSPS) is 14.5. The number of piperazine rings is 1. The van der Waals surface area contributed by atoms with E-state index in [2.05, 4.69) is 54.0 Å². The number of anilines is 2. The molecule has 0 unspecified atom stereocenters. The van der Waals surface area contributed by atoms with E-state index in [0.29, 0.717) is 17.3 Å². The molecular weight excluding hydrogens is 482 g/mol. The van der Waals surface area contributed by atoms with E-state index in [1.807, 2.05) is 30.3 Å². The molecule has 1 aliphatic heterocycles. The zero-order valence-electron chi connectivity index (χ0n) is 19.4. The van der Waals surface area contributed by atoms with E-state index in [4.69, 9.17) is 22.1 Å². The lowest BCUT2D eigenvalue weighted by Gasteiger charge is -2.35. The number of ether oxygens (including phenoxy) is 1. The van der Waals surface area contributed by atoms with E-state index in [-0.39, 0.29) is 5.95 Å². The van der Waals surface area contributed by atoms with Crippen LogP contribution in [-0.4, -0.2) is 69.9 Å². The molecule has 5 rings (SSSR count). The van der Waals surface area contributed by atoms with Gasteiger partial charge in [0.25, 0.3) is 0 Å². The van der Waals surface area contributed by atoms with Gasteiger partial charge in [-0.15, -0.1) is 0 Å². The van der Waals surface area contributed by atoms with Gasteiger partial charge in [-0.05, 0) is 36.2 Å². The maximum Gasteiger partial charge on any atom is 0.224 e. The maximum atomic E-state index is 6.03. The Kier molecular flexibility index (Phi) is 7.56. The lowest BCUT2D eigenvalue weighted by atomic mass is 10.2. The minimum Gasteiger partial charge on any atom is -0.492 e. The van der Waals surface area contributed by atoms with Crippen molar-refractivity contribution in [1.82, 2.24) is 24.8 Å². The Balaban J connectivity index is 1.16. The monoisotopic (exact) mass is 509 g/mol. The Labute approximate surface area is 213 Å². The van der Waals surface area contributed by atoms with Crippen molar-refractivity contribution in [2.45, 2.75) is 11.6 Å². The van der Waals surface area contributed by atoms with Gasteiger partial charge in [0.1, 0.15) is 17.9 Å². The third-order valence-electron chi connectivity index (χ3n) is 5.96. The third-order valence-corrected chi connectivity index (χ3v) is 7.09. The minimum absolute atomic E-state index is 0.249. The number of rotatable bonds is 9. The average Bonchev–Trinajstić information content (AvgIpc) is 3.28.